The first-order valence-electron chi connectivity index (χ1n) is 7.90. The number of benzene rings is 1. The summed E-state index contributed by atoms with van der Waals surface area (Å²) in [4.78, 5) is 1.44. The number of para-hydroxylation sites is 2. The molecule has 0 radical (unpaired) electrons. The average molecular weight is 301 g/mol. The zero-order chi connectivity index (χ0) is 14.5. The Labute approximate surface area is 131 Å². The van der Waals surface area contributed by atoms with Crippen LogP contribution in [0.3, 0.4) is 0 Å². The van der Waals surface area contributed by atoms with Crippen molar-refractivity contribution in [1.82, 2.24) is 0 Å². The Morgan fingerprint density at radius 2 is 2.00 bits per heavy atom. The minimum atomic E-state index is 0.411. The monoisotopic (exact) mass is 301 g/mol. The average Bonchev–Trinajstić information content (AvgIpc) is 3.20. The van der Waals surface area contributed by atoms with Gasteiger partial charge >= 0.3 is 0 Å². The van der Waals surface area contributed by atoms with Crippen LogP contribution in [0, 0.1) is 5.92 Å². The van der Waals surface area contributed by atoms with Gasteiger partial charge in [-0.3, -0.25) is 0 Å². The molecule has 0 bridgehead atoms. The van der Waals surface area contributed by atoms with Gasteiger partial charge in [-0.15, -0.1) is 11.3 Å². The zero-order valence-electron chi connectivity index (χ0n) is 12.5. The molecule has 3 rings (SSSR count). The van der Waals surface area contributed by atoms with E-state index in [1.165, 1.54) is 30.6 Å². The fourth-order valence-electron chi connectivity index (χ4n) is 3.22. The van der Waals surface area contributed by atoms with Crippen LogP contribution >= 0.6 is 11.3 Å². The van der Waals surface area contributed by atoms with Gasteiger partial charge in [0.1, 0.15) is 5.75 Å². The second-order valence-corrected chi connectivity index (χ2v) is 6.59. The van der Waals surface area contributed by atoms with Gasteiger partial charge in [0.25, 0.3) is 0 Å². The van der Waals surface area contributed by atoms with Gasteiger partial charge in [0.15, 0.2) is 0 Å². The fourth-order valence-corrected chi connectivity index (χ4v) is 4.08. The quantitative estimate of drug-likeness (QED) is 0.761. The van der Waals surface area contributed by atoms with Gasteiger partial charge in [0.05, 0.1) is 18.3 Å². The van der Waals surface area contributed by atoms with Crippen LogP contribution in [0.1, 0.15) is 43.5 Å². The lowest BCUT2D eigenvalue weighted by molar-refractivity contribution is 0.340. The van der Waals surface area contributed by atoms with E-state index in [1.807, 2.05) is 30.4 Å². The van der Waals surface area contributed by atoms with Crippen LogP contribution in [0.2, 0.25) is 0 Å². The van der Waals surface area contributed by atoms with Crippen molar-refractivity contribution >= 4 is 17.0 Å². The summed E-state index contributed by atoms with van der Waals surface area (Å²) in [6.45, 7) is 2.73. The molecule has 1 heterocycles. The molecule has 112 valence electrons. The van der Waals surface area contributed by atoms with Crippen molar-refractivity contribution in [3.8, 4) is 5.75 Å². The lowest BCUT2D eigenvalue weighted by Gasteiger charge is -2.26. The summed E-state index contributed by atoms with van der Waals surface area (Å²) in [7, 11) is 0. The second-order valence-electron chi connectivity index (χ2n) is 5.61. The van der Waals surface area contributed by atoms with Crippen LogP contribution in [-0.4, -0.2) is 6.61 Å². The van der Waals surface area contributed by atoms with Crippen LogP contribution in [0.25, 0.3) is 0 Å². The first-order valence-corrected chi connectivity index (χ1v) is 8.78. The third-order valence-electron chi connectivity index (χ3n) is 4.22. The van der Waals surface area contributed by atoms with Crippen LogP contribution in [0.4, 0.5) is 5.69 Å². The number of hydrogen-bond donors (Lipinski definition) is 1. The predicted molar refractivity (Wildman–Crippen MR) is 90.3 cm³/mol. The lowest BCUT2D eigenvalue weighted by atomic mass is 9.96. The number of thiophene rings is 1. The molecule has 1 saturated carbocycles. The van der Waals surface area contributed by atoms with Crippen molar-refractivity contribution in [2.24, 2.45) is 5.92 Å². The highest BCUT2D eigenvalue weighted by atomic mass is 32.1. The Kier molecular flexibility index (Phi) is 4.81. The fraction of sp³-hybridized carbons (Fsp3) is 0.444. The molecule has 1 unspecified atom stereocenters. The zero-order valence-corrected chi connectivity index (χ0v) is 13.4. The second kappa shape index (κ2) is 6.99. The summed E-state index contributed by atoms with van der Waals surface area (Å²) in [6.07, 6.45) is 5.38. The molecule has 1 aliphatic rings. The molecule has 1 atom stereocenters. The first kappa shape index (κ1) is 14.5. The highest BCUT2D eigenvalue weighted by molar-refractivity contribution is 7.10. The summed E-state index contributed by atoms with van der Waals surface area (Å²) >= 11 is 1.85. The SMILES string of the molecule is CCOc1ccccc1NC(c1cccs1)C1CCCC1. The molecule has 0 saturated heterocycles. The molecule has 1 aromatic heterocycles. The molecule has 0 spiro atoms. The third kappa shape index (κ3) is 3.41. The van der Waals surface area contributed by atoms with Gasteiger partial charge < -0.3 is 10.1 Å². The maximum absolute atomic E-state index is 5.76. The van der Waals surface area contributed by atoms with E-state index >= 15 is 0 Å². The summed E-state index contributed by atoms with van der Waals surface area (Å²) in [5.74, 6) is 1.69. The van der Waals surface area contributed by atoms with Crippen molar-refractivity contribution in [2.75, 3.05) is 11.9 Å². The lowest BCUT2D eigenvalue weighted by Crippen LogP contribution is -2.18. The van der Waals surface area contributed by atoms with Crippen molar-refractivity contribution < 1.29 is 4.74 Å². The Hall–Kier alpha value is -1.48. The van der Waals surface area contributed by atoms with E-state index in [-0.39, 0.29) is 0 Å². The molecule has 21 heavy (non-hydrogen) atoms. The molecular weight excluding hydrogens is 278 g/mol. The normalized spacial score (nSPS) is 16.8. The minimum Gasteiger partial charge on any atom is -0.492 e. The van der Waals surface area contributed by atoms with E-state index in [1.54, 1.807) is 0 Å². The molecule has 1 N–H and O–H groups in total. The molecular formula is C18H23NOS. The predicted octanol–water partition coefficient (Wildman–Crippen LogP) is 5.49. The van der Waals surface area contributed by atoms with Crippen molar-refractivity contribution in [3.05, 3.63) is 46.7 Å². The molecule has 2 nitrogen and oxygen atoms in total. The standard InChI is InChI=1S/C18H23NOS/c1-2-20-16-11-6-5-10-15(16)19-18(14-8-3-4-9-14)17-12-7-13-21-17/h5-7,10-14,18-19H,2-4,8-9H2,1H3. The van der Waals surface area contributed by atoms with Crippen molar-refractivity contribution in [1.29, 1.82) is 0 Å². The summed E-state index contributed by atoms with van der Waals surface area (Å²) in [5.41, 5.74) is 1.12. The van der Waals surface area contributed by atoms with Gasteiger partial charge in [-0.2, -0.15) is 0 Å². The van der Waals surface area contributed by atoms with E-state index in [0.717, 1.165) is 17.4 Å². The van der Waals surface area contributed by atoms with E-state index in [9.17, 15) is 0 Å². The maximum Gasteiger partial charge on any atom is 0.142 e. The summed E-state index contributed by atoms with van der Waals surface area (Å²) < 4.78 is 5.76. The molecule has 1 fully saturated rings. The molecule has 1 aliphatic carbocycles. The van der Waals surface area contributed by atoms with Crippen LogP contribution in [-0.2, 0) is 0 Å². The highest BCUT2D eigenvalue weighted by Crippen LogP contribution is 2.40. The third-order valence-corrected chi connectivity index (χ3v) is 5.17. The number of hydrogen-bond acceptors (Lipinski definition) is 3. The Morgan fingerprint density at radius 3 is 2.71 bits per heavy atom. The highest BCUT2D eigenvalue weighted by Gasteiger charge is 2.27. The number of rotatable bonds is 6. The number of nitrogens with one attached hydrogen (secondary N) is 1. The number of ether oxygens (including phenoxy) is 1. The van der Waals surface area contributed by atoms with Crippen LogP contribution < -0.4 is 10.1 Å². The van der Waals surface area contributed by atoms with E-state index in [2.05, 4.69) is 35.0 Å². The summed E-state index contributed by atoms with van der Waals surface area (Å²) in [6, 6.07) is 13.1. The van der Waals surface area contributed by atoms with Gasteiger partial charge in [-0.05, 0) is 49.3 Å². The van der Waals surface area contributed by atoms with Gasteiger partial charge in [0, 0.05) is 4.88 Å². The van der Waals surface area contributed by atoms with E-state index in [4.69, 9.17) is 4.74 Å². The maximum atomic E-state index is 5.76. The molecule has 2 aromatic rings. The van der Waals surface area contributed by atoms with Crippen molar-refractivity contribution in [2.45, 2.75) is 38.6 Å². The largest absolute Gasteiger partial charge is 0.492 e. The van der Waals surface area contributed by atoms with Crippen molar-refractivity contribution in [3.63, 3.8) is 0 Å². The van der Waals surface area contributed by atoms with Gasteiger partial charge in [-0.1, -0.05) is 31.0 Å². The van der Waals surface area contributed by atoms with Gasteiger partial charge in [-0.25, -0.2) is 0 Å². The molecule has 0 aliphatic heterocycles. The Morgan fingerprint density at radius 1 is 1.19 bits per heavy atom. The number of anilines is 1. The van der Waals surface area contributed by atoms with E-state index < -0.39 is 0 Å². The Balaban J connectivity index is 1.84. The summed E-state index contributed by atoms with van der Waals surface area (Å²) in [5, 5.41) is 5.94. The van der Waals surface area contributed by atoms with Gasteiger partial charge in [0.2, 0.25) is 0 Å². The topological polar surface area (TPSA) is 21.3 Å². The van der Waals surface area contributed by atoms with Crippen LogP contribution in [0.5, 0.6) is 5.75 Å². The first-order chi connectivity index (χ1) is 10.4. The molecule has 0 amide bonds. The molecule has 1 aromatic carbocycles. The van der Waals surface area contributed by atoms with E-state index in [0.29, 0.717) is 12.6 Å². The van der Waals surface area contributed by atoms with Crippen LogP contribution in [0.15, 0.2) is 41.8 Å². The minimum absolute atomic E-state index is 0.411. The molecule has 3 heteroatoms. The smallest absolute Gasteiger partial charge is 0.142 e. The Bertz CT molecular complexity index is 546.